The van der Waals surface area contributed by atoms with Crippen LogP contribution >= 0.6 is 0 Å². The van der Waals surface area contributed by atoms with Gasteiger partial charge in [0.1, 0.15) is 35.8 Å². The molecule has 2 aromatic carbocycles. The van der Waals surface area contributed by atoms with Crippen LogP contribution in [0.15, 0.2) is 71.3 Å². The Kier molecular flexibility index (Phi) is 7.06. The molecular weight excluding hydrogens is 361 g/mol. The first-order valence-electron chi connectivity index (χ1n) is 9.07. The smallest absolute Gasteiger partial charge is 0.127 e. The average molecular weight is 385 g/mol. The molecule has 0 saturated carbocycles. The highest BCUT2D eigenvalue weighted by molar-refractivity contribution is 5.31. The van der Waals surface area contributed by atoms with Gasteiger partial charge in [-0.3, -0.25) is 4.90 Å². The van der Waals surface area contributed by atoms with E-state index >= 15 is 0 Å². The maximum Gasteiger partial charge on any atom is 0.127 e. The maximum atomic E-state index is 14.0. The molecule has 1 heterocycles. The topological polar surface area (TPSA) is 55.1 Å². The lowest BCUT2D eigenvalue weighted by molar-refractivity contribution is 0.0600. The lowest BCUT2D eigenvalue weighted by Crippen LogP contribution is -2.35. The number of hydrogen-bond acceptors (Lipinski definition) is 5. The molecule has 3 aromatic rings. The van der Waals surface area contributed by atoms with Gasteiger partial charge in [-0.15, -0.1) is 0 Å². The molecule has 0 spiro atoms. The first-order valence-corrected chi connectivity index (χ1v) is 9.07. The normalized spacial score (nSPS) is 12.1. The zero-order valence-corrected chi connectivity index (χ0v) is 15.8. The van der Waals surface area contributed by atoms with Crippen LogP contribution in [-0.4, -0.2) is 36.4 Å². The fourth-order valence-corrected chi connectivity index (χ4v) is 2.89. The van der Waals surface area contributed by atoms with E-state index in [1.807, 2.05) is 11.0 Å². The number of aliphatic hydroxyl groups is 1. The van der Waals surface area contributed by atoms with Gasteiger partial charge < -0.3 is 19.0 Å². The van der Waals surface area contributed by atoms with Gasteiger partial charge in [-0.25, -0.2) is 4.39 Å². The van der Waals surface area contributed by atoms with Gasteiger partial charge in [0.25, 0.3) is 0 Å². The number of nitrogens with zero attached hydrogens (tertiary/aromatic N) is 1. The number of hydrogen-bond donors (Lipinski definition) is 1. The predicted molar refractivity (Wildman–Crippen MR) is 104 cm³/mol. The summed E-state index contributed by atoms with van der Waals surface area (Å²) in [7, 11) is 1.60. The van der Waals surface area contributed by atoms with Crippen LogP contribution in [0.4, 0.5) is 4.39 Å². The number of ether oxygens (including phenoxy) is 2. The Hall–Kier alpha value is -2.83. The molecule has 28 heavy (non-hydrogen) atoms. The van der Waals surface area contributed by atoms with Crippen LogP contribution in [0.3, 0.4) is 0 Å². The summed E-state index contributed by atoms with van der Waals surface area (Å²) < 4.78 is 30.2. The van der Waals surface area contributed by atoms with E-state index in [2.05, 4.69) is 0 Å². The van der Waals surface area contributed by atoms with Crippen LogP contribution in [0.25, 0.3) is 0 Å². The van der Waals surface area contributed by atoms with Crippen molar-refractivity contribution in [1.29, 1.82) is 0 Å². The summed E-state index contributed by atoms with van der Waals surface area (Å²) in [5, 5.41) is 10.4. The van der Waals surface area contributed by atoms with Crippen LogP contribution in [0.2, 0.25) is 0 Å². The standard InChI is InChI=1S/C22H24FNO4/c1-26-19-8-10-20(11-9-19)28-16-18(25)14-24(15-21-6-4-12-27-21)13-17-5-2-3-7-22(17)23/h2-12,18,25H,13-16H2,1H3/t18-/m0/s1. The van der Waals surface area contributed by atoms with Crippen LogP contribution in [0, 0.1) is 5.82 Å². The molecule has 0 unspecified atom stereocenters. The minimum atomic E-state index is -0.746. The molecule has 0 fully saturated rings. The summed E-state index contributed by atoms with van der Waals surface area (Å²) in [6.07, 6.45) is 0.851. The highest BCUT2D eigenvalue weighted by Crippen LogP contribution is 2.18. The van der Waals surface area contributed by atoms with Gasteiger partial charge in [-0.2, -0.15) is 0 Å². The van der Waals surface area contributed by atoms with Crippen molar-refractivity contribution in [2.45, 2.75) is 19.2 Å². The summed E-state index contributed by atoms with van der Waals surface area (Å²) >= 11 is 0. The van der Waals surface area contributed by atoms with Crippen molar-refractivity contribution < 1.29 is 23.4 Å². The molecule has 1 aromatic heterocycles. The molecule has 3 rings (SSSR count). The van der Waals surface area contributed by atoms with Gasteiger partial charge >= 0.3 is 0 Å². The number of benzene rings is 2. The van der Waals surface area contributed by atoms with Crippen LogP contribution in [-0.2, 0) is 13.1 Å². The zero-order chi connectivity index (χ0) is 19.8. The Labute approximate surface area is 163 Å². The minimum absolute atomic E-state index is 0.123. The third-order valence-corrected chi connectivity index (χ3v) is 4.28. The second-order valence-electron chi connectivity index (χ2n) is 6.48. The van der Waals surface area contributed by atoms with E-state index in [1.54, 1.807) is 61.9 Å². The summed E-state index contributed by atoms with van der Waals surface area (Å²) in [6.45, 7) is 1.25. The van der Waals surface area contributed by atoms with Crippen LogP contribution in [0.5, 0.6) is 11.5 Å². The number of methoxy groups -OCH3 is 1. The van der Waals surface area contributed by atoms with E-state index in [9.17, 15) is 9.50 Å². The Balaban J connectivity index is 1.59. The lowest BCUT2D eigenvalue weighted by Gasteiger charge is -2.24. The van der Waals surface area contributed by atoms with Gasteiger partial charge in [0.15, 0.2) is 0 Å². The third-order valence-electron chi connectivity index (χ3n) is 4.28. The van der Waals surface area contributed by atoms with Crippen molar-refractivity contribution in [2.24, 2.45) is 0 Å². The van der Waals surface area contributed by atoms with E-state index in [0.717, 1.165) is 11.5 Å². The van der Waals surface area contributed by atoms with E-state index in [1.165, 1.54) is 6.07 Å². The molecule has 0 bridgehead atoms. The minimum Gasteiger partial charge on any atom is -0.497 e. The largest absolute Gasteiger partial charge is 0.497 e. The molecule has 0 aliphatic rings. The molecule has 6 heteroatoms. The van der Waals surface area contributed by atoms with Gasteiger partial charge in [-0.1, -0.05) is 18.2 Å². The third kappa shape index (κ3) is 5.84. The summed E-state index contributed by atoms with van der Waals surface area (Å²) in [4.78, 5) is 1.93. The molecule has 0 saturated heterocycles. The first-order chi connectivity index (χ1) is 13.6. The van der Waals surface area contributed by atoms with E-state index < -0.39 is 6.10 Å². The fraction of sp³-hybridized carbons (Fsp3) is 0.273. The SMILES string of the molecule is COc1ccc(OC[C@@H](O)CN(Cc2ccco2)Cc2ccccc2F)cc1. The quantitative estimate of drug-likeness (QED) is 0.574. The first kappa shape index (κ1) is 19.9. The Bertz CT molecular complexity index is 836. The highest BCUT2D eigenvalue weighted by atomic mass is 19.1. The van der Waals surface area contributed by atoms with Crippen LogP contribution in [0.1, 0.15) is 11.3 Å². The Morgan fingerprint density at radius 1 is 1.00 bits per heavy atom. The Morgan fingerprint density at radius 2 is 1.75 bits per heavy atom. The molecule has 1 N–H and O–H groups in total. The zero-order valence-electron chi connectivity index (χ0n) is 15.8. The maximum absolute atomic E-state index is 14.0. The lowest BCUT2D eigenvalue weighted by atomic mass is 10.2. The summed E-state index contributed by atoms with van der Waals surface area (Å²) in [6, 6.07) is 17.5. The van der Waals surface area contributed by atoms with Gasteiger partial charge in [0.05, 0.1) is 19.9 Å². The fourth-order valence-electron chi connectivity index (χ4n) is 2.89. The number of furan rings is 1. The van der Waals surface area contributed by atoms with Gasteiger partial charge in [0, 0.05) is 18.7 Å². The highest BCUT2D eigenvalue weighted by Gasteiger charge is 2.16. The molecule has 1 atom stereocenters. The van der Waals surface area contributed by atoms with Crippen molar-refractivity contribution in [3.63, 3.8) is 0 Å². The molecule has 0 aliphatic carbocycles. The predicted octanol–water partition coefficient (Wildman–Crippen LogP) is 3.87. The second kappa shape index (κ2) is 9.92. The number of aliphatic hydroxyl groups excluding tert-OH is 1. The van der Waals surface area contributed by atoms with E-state index in [4.69, 9.17) is 13.9 Å². The summed E-state index contributed by atoms with van der Waals surface area (Å²) in [5.41, 5.74) is 0.567. The monoisotopic (exact) mass is 385 g/mol. The number of rotatable bonds is 10. The summed E-state index contributed by atoms with van der Waals surface area (Å²) in [5.74, 6) is 1.87. The van der Waals surface area contributed by atoms with Crippen molar-refractivity contribution in [2.75, 3.05) is 20.3 Å². The van der Waals surface area contributed by atoms with E-state index in [-0.39, 0.29) is 12.4 Å². The number of halogens is 1. The molecule has 0 radical (unpaired) electrons. The molecule has 148 valence electrons. The molecule has 5 nitrogen and oxygen atoms in total. The van der Waals surface area contributed by atoms with Crippen molar-refractivity contribution >= 4 is 0 Å². The molecule has 0 aliphatic heterocycles. The second-order valence-corrected chi connectivity index (χ2v) is 6.48. The van der Waals surface area contributed by atoms with E-state index in [0.29, 0.717) is 30.9 Å². The van der Waals surface area contributed by atoms with Crippen molar-refractivity contribution in [3.8, 4) is 11.5 Å². The van der Waals surface area contributed by atoms with Gasteiger partial charge in [0.2, 0.25) is 0 Å². The van der Waals surface area contributed by atoms with Crippen LogP contribution < -0.4 is 9.47 Å². The Morgan fingerprint density at radius 3 is 2.43 bits per heavy atom. The molecule has 0 amide bonds. The molecular formula is C22H24FNO4. The van der Waals surface area contributed by atoms with Crippen molar-refractivity contribution in [3.05, 3.63) is 84.1 Å². The average Bonchev–Trinajstić information content (AvgIpc) is 3.21. The van der Waals surface area contributed by atoms with Crippen molar-refractivity contribution in [1.82, 2.24) is 4.90 Å². The van der Waals surface area contributed by atoms with Gasteiger partial charge in [-0.05, 0) is 42.5 Å².